The SMILES string of the molecule is COc1ccc(CCN2C(=O)c3oc4cc(C)c(Cl)cc4c(=O)c3C2c2ccccc2F)cc1OC. The van der Waals surface area contributed by atoms with Crippen LogP contribution < -0.4 is 14.9 Å². The molecule has 0 spiro atoms. The Morgan fingerprint density at radius 1 is 1.03 bits per heavy atom. The minimum Gasteiger partial charge on any atom is -0.493 e. The number of aryl methyl sites for hydroxylation is 1. The summed E-state index contributed by atoms with van der Waals surface area (Å²) in [5.74, 6) is 0.0958. The molecule has 184 valence electrons. The summed E-state index contributed by atoms with van der Waals surface area (Å²) >= 11 is 6.27. The molecule has 0 fully saturated rings. The van der Waals surface area contributed by atoms with Crippen molar-refractivity contribution >= 4 is 28.5 Å². The van der Waals surface area contributed by atoms with Crippen LogP contribution in [0.5, 0.6) is 11.5 Å². The fourth-order valence-electron chi connectivity index (χ4n) is 4.68. The summed E-state index contributed by atoms with van der Waals surface area (Å²) < 4.78 is 31.7. The normalized spacial score (nSPS) is 14.9. The predicted molar refractivity (Wildman–Crippen MR) is 135 cm³/mol. The Bertz CT molecular complexity index is 1560. The number of hydrogen-bond acceptors (Lipinski definition) is 5. The number of amides is 1. The van der Waals surface area contributed by atoms with Crippen LogP contribution in [0, 0.1) is 12.7 Å². The van der Waals surface area contributed by atoms with Crippen LogP contribution >= 0.6 is 11.6 Å². The second-order valence-corrected chi connectivity index (χ2v) is 9.04. The van der Waals surface area contributed by atoms with E-state index in [1.54, 1.807) is 51.5 Å². The highest BCUT2D eigenvalue weighted by molar-refractivity contribution is 6.32. The molecule has 0 N–H and O–H groups in total. The fourth-order valence-corrected chi connectivity index (χ4v) is 4.84. The van der Waals surface area contributed by atoms with Crippen molar-refractivity contribution in [2.75, 3.05) is 20.8 Å². The Labute approximate surface area is 211 Å². The maximum Gasteiger partial charge on any atom is 0.290 e. The fraction of sp³-hybridized carbons (Fsp3) is 0.214. The van der Waals surface area contributed by atoms with Gasteiger partial charge in [-0.15, -0.1) is 0 Å². The molecule has 5 rings (SSSR count). The van der Waals surface area contributed by atoms with Gasteiger partial charge in [-0.1, -0.05) is 35.9 Å². The van der Waals surface area contributed by atoms with Crippen LogP contribution in [-0.2, 0) is 6.42 Å². The third-order valence-corrected chi connectivity index (χ3v) is 6.94. The van der Waals surface area contributed by atoms with Crippen LogP contribution in [-0.4, -0.2) is 31.6 Å². The number of carbonyl (C=O) groups excluding carboxylic acids is 1. The van der Waals surface area contributed by atoms with E-state index >= 15 is 4.39 Å². The first-order valence-corrected chi connectivity index (χ1v) is 11.7. The number of hydrogen-bond donors (Lipinski definition) is 0. The number of benzene rings is 3. The molecule has 1 amide bonds. The van der Waals surface area contributed by atoms with E-state index in [0.29, 0.717) is 28.5 Å². The molecule has 36 heavy (non-hydrogen) atoms. The molecule has 1 aliphatic heterocycles. The largest absolute Gasteiger partial charge is 0.493 e. The van der Waals surface area contributed by atoms with E-state index in [1.165, 1.54) is 17.0 Å². The summed E-state index contributed by atoms with van der Waals surface area (Å²) in [7, 11) is 3.10. The predicted octanol–water partition coefficient (Wildman–Crippen LogP) is 5.70. The molecule has 0 saturated carbocycles. The van der Waals surface area contributed by atoms with Crippen molar-refractivity contribution in [2.24, 2.45) is 0 Å². The first-order valence-electron chi connectivity index (χ1n) is 11.4. The van der Waals surface area contributed by atoms with Crippen molar-refractivity contribution in [3.63, 3.8) is 0 Å². The Morgan fingerprint density at radius 2 is 1.78 bits per heavy atom. The lowest BCUT2D eigenvalue weighted by molar-refractivity contribution is 0.0728. The van der Waals surface area contributed by atoms with Crippen molar-refractivity contribution in [3.05, 3.63) is 104 Å². The van der Waals surface area contributed by atoms with Gasteiger partial charge in [0.1, 0.15) is 11.4 Å². The Morgan fingerprint density at radius 3 is 2.50 bits per heavy atom. The van der Waals surface area contributed by atoms with E-state index in [9.17, 15) is 9.59 Å². The zero-order valence-electron chi connectivity index (χ0n) is 19.9. The van der Waals surface area contributed by atoms with Gasteiger partial charge in [-0.3, -0.25) is 9.59 Å². The van der Waals surface area contributed by atoms with Crippen LogP contribution in [0.1, 0.15) is 38.9 Å². The maximum absolute atomic E-state index is 15.0. The number of halogens is 2. The second kappa shape index (κ2) is 9.32. The number of ether oxygens (including phenoxy) is 2. The smallest absolute Gasteiger partial charge is 0.290 e. The van der Waals surface area contributed by atoms with Crippen LogP contribution in [0.25, 0.3) is 11.0 Å². The summed E-state index contributed by atoms with van der Waals surface area (Å²) in [4.78, 5) is 28.7. The molecule has 0 bridgehead atoms. The standard InChI is InChI=1S/C28H23ClFNO5/c1-15-12-22-18(14-19(15)29)26(32)24-25(17-6-4-5-7-20(17)30)31(28(33)27(24)36-22)11-10-16-8-9-21(34-2)23(13-16)35-3/h4-9,12-14,25H,10-11H2,1-3H3. The van der Waals surface area contributed by atoms with Crippen molar-refractivity contribution in [1.29, 1.82) is 0 Å². The quantitative estimate of drug-likeness (QED) is 0.335. The van der Waals surface area contributed by atoms with Gasteiger partial charge in [0.15, 0.2) is 16.9 Å². The van der Waals surface area contributed by atoms with Gasteiger partial charge in [-0.05, 0) is 54.8 Å². The van der Waals surface area contributed by atoms with E-state index in [1.807, 2.05) is 12.1 Å². The molecule has 3 aromatic carbocycles. The third kappa shape index (κ3) is 3.89. The van der Waals surface area contributed by atoms with Crippen molar-refractivity contribution in [1.82, 2.24) is 4.90 Å². The van der Waals surface area contributed by atoms with E-state index < -0.39 is 23.2 Å². The molecule has 0 radical (unpaired) electrons. The second-order valence-electron chi connectivity index (χ2n) is 8.63. The summed E-state index contributed by atoms with van der Waals surface area (Å²) in [6.07, 6.45) is 0.434. The van der Waals surface area contributed by atoms with Crippen LogP contribution in [0.4, 0.5) is 4.39 Å². The van der Waals surface area contributed by atoms with Gasteiger partial charge >= 0.3 is 0 Å². The summed E-state index contributed by atoms with van der Waals surface area (Å²) in [6, 6.07) is 13.9. The third-order valence-electron chi connectivity index (χ3n) is 6.54. The molecular formula is C28H23ClFNO5. The Hall–Kier alpha value is -3.84. The van der Waals surface area contributed by atoms with Gasteiger partial charge in [0, 0.05) is 17.1 Å². The molecule has 6 nitrogen and oxygen atoms in total. The number of fused-ring (bicyclic) bond motifs is 2. The minimum absolute atomic E-state index is 0.0743. The van der Waals surface area contributed by atoms with Crippen molar-refractivity contribution in [3.8, 4) is 11.5 Å². The molecule has 8 heteroatoms. The van der Waals surface area contributed by atoms with Gasteiger partial charge in [-0.2, -0.15) is 0 Å². The topological polar surface area (TPSA) is 69.0 Å². The molecule has 1 atom stereocenters. The van der Waals surface area contributed by atoms with Gasteiger partial charge in [0.25, 0.3) is 5.91 Å². The molecular weight excluding hydrogens is 485 g/mol. The van der Waals surface area contributed by atoms with Crippen LogP contribution in [0.15, 0.2) is 63.8 Å². The first-order chi connectivity index (χ1) is 17.3. The molecule has 1 aliphatic rings. The minimum atomic E-state index is -0.936. The van der Waals surface area contributed by atoms with E-state index in [-0.39, 0.29) is 34.4 Å². The van der Waals surface area contributed by atoms with Gasteiger partial charge in [-0.25, -0.2) is 4.39 Å². The van der Waals surface area contributed by atoms with Crippen molar-refractivity contribution < 1.29 is 23.1 Å². The van der Waals surface area contributed by atoms with Crippen LogP contribution in [0.3, 0.4) is 0 Å². The number of nitrogens with zero attached hydrogens (tertiary/aromatic N) is 1. The number of rotatable bonds is 6. The van der Waals surface area contributed by atoms with Crippen molar-refractivity contribution in [2.45, 2.75) is 19.4 Å². The average molecular weight is 508 g/mol. The lowest BCUT2D eigenvalue weighted by atomic mass is 9.97. The number of carbonyl (C=O) groups is 1. The number of methoxy groups -OCH3 is 2. The monoisotopic (exact) mass is 507 g/mol. The highest BCUT2D eigenvalue weighted by atomic mass is 35.5. The lowest BCUT2D eigenvalue weighted by Crippen LogP contribution is -2.32. The molecule has 4 aromatic rings. The Kier molecular flexibility index (Phi) is 6.18. The van der Waals surface area contributed by atoms with Gasteiger partial charge < -0.3 is 18.8 Å². The molecule has 1 aromatic heterocycles. The average Bonchev–Trinajstić information content (AvgIpc) is 3.15. The zero-order chi connectivity index (χ0) is 25.6. The van der Waals surface area contributed by atoms with Crippen LogP contribution in [0.2, 0.25) is 5.02 Å². The summed E-state index contributed by atoms with van der Waals surface area (Å²) in [5, 5.41) is 0.659. The summed E-state index contributed by atoms with van der Waals surface area (Å²) in [6.45, 7) is 2.00. The van der Waals surface area contributed by atoms with E-state index in [4.69, 9.17) is 25.5 Å². The molecule has 2 heterocycles. The molecule has 0 saturated heterocycles. The lowest BCUT2D eigenvalue weighted by Gasteiger charge is -2.25. The highest BCUT2D eigenvalue weighted by Gasteiger charge is 2.43. The summed E-state index contributed by atoms with van der Waals surface area (Å²) in [5.41, 5.74) is 1.81. The van der Waals surface area contributed by atoms with Gasteiger partial charge in [0.05, 0.1) is 31.2 Å². The zero-order valence-corrected chi connectivity index (χ0v) is 20.7. The molecule has 0 aliphatic carbocycles. The first kappa shape index (κ1) is 23.9. The molecule has 1 unspecified atom stereocenters. The Balaban J connectivity index is 1.62. The van der Waals surface area contributed by atoms with Gasteiger partial charge in [0.2, 0.25) is 5.76 Å². The van der Waals surface area contributed by atoms with E-state index in [0.717, 1.165) is 5.56 Å². The highest BCUT2D eigenvalue weighted by Crippen LogP contribution is 2.40. The maximum atomic E-state index is 15.0. The van der Waals surface area contributed by atoms with E-state index in [2.05, 4.69) is 0 Å².